The first-order valence-corrected chi connectivity index (χ1v) is 10.4. The molecule has 0 nitrogen and oxygen atoms in total. The molecule has 0 spiro atoms. The molecule has 0 fully saturated rings. The molecule has 156 valence electrons. The molecule has 30 heavy (non-hydrogen) atoms. The molecular formula is C24H22BF4S-. The Kier molecular flexibility index (Phi) is 6.46. The van der Waals surface area contributed by atoms with E-state index < -0.39 is 7.25 Å². The first-order valence-electron chi connectivity index (χ1n) is 9.58. The van der Waals surface area contributed by atoms with Gasteiger partial charge in [-0.25, -0.2) is 0 Å². The Labute approximate surface area is 178 Å². The fourth-order valence-electron chi connectivity index (χ4n) is 3.18. The first-order chi connectivity index (χ1) is 14.0. The molecule has 0 aliphatic rings. The van der Waals surface area contributed by atoms with E-state index in [1.807, 2.05) is 11.8 Å². The van der Waals surface area contributed by atoms with Crippen LogP contribution in [0.3, 0.4) is 0 Å². The van der Waals surface area contributed by atoms with Crippen LogP contribution in [0.1, 0.15) is 26.3 Å². The molecule has 0 unspecified atom stereocenters. The molecule has 0 bridgehead atoms. The summed E-state index contributed by atoms with van der Waals surface area (Å²) in [5, 5.41) is 5.22. The van der Waals surface area contributed by atoms with Gasteiger partial charge in [0.25, 0.3) is 0 Å². The lowest BCUT2D eigenvalue weighted by molar-refractivity contribution is 0.368. The number of hydrogen-bond donors (Lipinski definition) is 0. The summed E-state index contributed by atoms with van der Waals surface area (Å²) in [4.78, 5) is 2.60. The van der Waals surface area contributed by atoms with Crippen LogP contribution in [0, 0.1) is 0 Å². The Hall–Kier alpha value is -2.47. The van der Waals surface area contributed by atoms with Crippen LogP contribution in [0.25, 0.3) is 21.5 Å². The zero-order valence-electron chi connectivity index (χ0n) is 17.0. The lowest BCUT2D eigenvalue weighted by Gasteiger charge is -2.19. The molecule has 6 heteroatoms. The normalized spacial score (nSPS) is 12.0. The molecule has 0 aromatic heterocycles. The van der Waals surface area contributed by atoms with Gasteiger partial charge in [-0.2, -0.15) is 0 Å². The second-order valence-electron chi connectivity index (χ2n) is 8.05. The third kappa shape index (κ3) is 6.02. The fraction of sp³-hybridized carbons (Fsp3) is 0.167. The van der Waals surface area contributed by atoms with Gasteiger partial charge in [0.1, 0.15) is 0 Å². The SMILES string of the molecule is CC(C)(C)c1ccc(Sc2cccc3cc4ccccc4cc23)cc1.F[B-](F)(F)F. The van der Waals surface area contributed by atoms with Gasteiger partial charge in [0, 0.05) is 9.79 Å². The maximum absolute atomic E-state index is 9.75. The molecule has 0 heterocycles. The lowest BCUT2D eigenvalue weighted by Crippen LogP contribution is -2.10. The van der Waals surface area contributed by atoms with Gasteiger partial charge in [-0.3, -0.25) is 0 Å². The van der Waals surface area contributed by atoms with Crippen molar-refractivity contribution in [3.8, 4) is 0 Å². The van der Waals surface area contributed by atoms with Crippen LogP contribution >= 0.6 is 11.8 Å². The molecular weight excluding hydrogens is 407 g/mol. The smallest absolute Gasteiger partial charge is 0.418 e. The predicted molar refractivity (Wildman–Crippen MR) is 121 cm³/mol. The number of rotatable bonds is 2. The van der Waals surface area contributed by atoms with Gasteiger partial charge in [-0.05, 0) is 62.9 Å². The van der Waals surface area contributed by atoms with Gasteiger partial charge >= 0.3 is 7.25 Å². The summed E-state index contributed by atoms with van der Waals surface area (Å²) < 4.78 is 39.0. The van der Waals surface area contributed by atoms with E-state index in [4.69, 9.17) is 0 Å². The summed E-state index contributed by atoms with van der Waals surface area (Å²) in [5.41, 5.74) is 1.57. The number of halogens is 4. The third-order valence-corrected chi connectivity index (χ3v) is 5.74. The zero-order valence-corrected chi connectivity index (χ0v) is 17.8. The highest BCUT2D eigenvalue weighted by Gasteiger charge is 2.20. The van der Waals surface area contributed by atoms with Gasteiger partial charge < -0.3 is 17.3 Å². The average Bonchev–Trinajstić information content (AvgIpc) is 2.65. The Morgan fingerprint density at radius 2 is 1.20 bits per heavy atom. The van der Waals surface area contributed by atoms with E-state index in [9.17, 15) is 17.3 Å². The van der Waals surface area contributed by atoms with E-state index >= 15 is 0 Å². The van der Waals surface area contributed by atoms with Crippen LogP contribution in [-0.4, -0.2) is 7.25 Å². The van der Waals surface area contributed by atoms with Crippen molar-refractivity contribution in [2.45, 2.75) is 36.0 Å². The minimum atomic E-state index is -6.00. The molecule has 0 radical (unpaired) electrons. The molecule has 0 saturated carbocycles. The Bertz CT molecular complexity index is 1140. The average molecular weight is 429 g/mol. The van der Waals surface area contributed by atoms with Gasteiger partial charge in [0.05, 0.1) is 0 Å². The second-order valence-corrected chi connectivity index (χ2v) is 9.16. The van der Waals surface area contributed by atoms with Crippen LogP contribution < -0.4 is 0 Å². The van der Waals surface area contributed by atoms with E-state index in [1.54, 1.807) is 0 Å². The molecule has 0 saturated heterocycles. The van der Waals surface area contributed by atoms with Gasteiger partial charge in [0.2, 0.25) is 0 Å². The van der Waals surface area contributed by atoms with Gasteiger partial charge in [-0.15, -0.1) is 0 Å². The lowest BCUT2D eigenvalue weighted by atomic mass is 9.87. The van der Waals surface area contributed by atoms with Crippen molar-refractivity contribution >= 4 is 40.6 Å². The summed E-state index contributed by atoms with van der Waals surface area (Å²) in [6, 6.07) is 28.7. The van der Waals surface area contributed by atoms with E-state index in [-0.39, 0.29) is 5.41 Å². The third-order valence-electron chi connectivity index (χ3n) is 4.65. The van der Waals surface area contributed by atoms with Crippen LogP contribution in [0.4, 0.5) is 17.3 Å². The Morgan fingerprint density at radius 3 is 1.77 bits per heavy atom. The topological polar surface area (TPSA) is 0 Å². The standard InChI is InChI=1S/C24H22S.BF4/c1-24(2,3)20-11-13-21(14-12-20)25-23-10-6-9-19-15-17-7-4-5-8-18(17)16-22(19)23;2-1(3,4)5/h4-16H,1-3H3;/q;-1. The van der Waals surface area contributed by atoms with Crippen molar-refractivity contribution in [2.75, 3.05) is 0 Å². The molecule has 0 N–H and O–H groups in total. The van der Waals surface area contributed by atoms with Crippen molar-refractivity contribution in [3.63, 3.8) is 0 Å². The molecule has 4 aromatic rings. The van der Waals surface area contributed by atoms with Crippen molar-refractivity contribution in [1.82, 2.24) is 0 Å². The Morgan fingerprint density at radius 1 is 0.667 bits per heavy atom. The van der Waals surface area contributed by atoms with Gasteiger partial charge in [-0.1, -0.05) is 81.1 Å². The summed E-state index contributed by atoms with van der Waals surface area (Å²) in [6.45, 7) is 6.76. The van der Waals surface area contributed by atoms with E-state index in [1.165, 1.54) is 36.9 Å². The van der Waals surface area contributed by atoms with Crippen LogP contribution in [-0.2, 0) is 5.41 Å². The van der Waals surface area contributed by atoms with Crippen molar-refractivity contribution in [3.05, 3.63) is 84.4 Å². The summed E-state index contributed by atoms with van der Waals surface area (Å²) in [7, 11) is -6.00. The second kappa shape index (κ2) is 8.72. The maximum Gasteiger partial charge on any atom is 0.673 e. The largest absolute Gasteiger partial charge is 0.673 e. The molecule has 0 aliphatic heterocycles. The Balaban J connectivity index is 0.000000461. The van der Waals surface area contributed by atoms with E-state index in [0.717, 1.165) is 0 Å². The molecule has 0 aliphatic carbocycles. The van der Waals surface area contributed by atoms with Crippen molar-refractivity contribution in [2.24, 2.45) is 0 Å². The maximum atomic E-state index is 9.75. The molecule has 4 rings (SSSR count). The number of benzene rings is 4. The first kappa shape index (κ1) is 22.2. The molecule has 4 aromatic carbocycles. The van der Waals surface area contributed by atoms with Crippen molar-refractivity contribution < 1.29 is 17.3 Å². The fourth-order valence-corrected chi connectivity index (χ4v) is 4.14. The van der Waals surface area contributed by atoms with Gasteiger partial charge in [0.15, 0.2) is 0 Å². The van der Waals surface area contributed by atoms with Crippen LogP contribution in [0.15, 0.2) is 88.7 Å². The van der Waals surface area contributed by atoms with E-state index in [0.29, 0.717) is 0 Å². The number of hydrogen-bond acceptors (Lipinski definition) is 1. The molecule has 0 amide bonds. The highest BCUT2D eigenvalue weighted by Crippen LogP contribution is 2.36. The zero-order chi connectivity index (χ0) is 21.9. The predicted octanol–water partition coefficient (Wildman–Crippen LogP) is 8.74. The summed E-state index contributed by atoms with van der Waals surface area (Å²) >= 11 is 1.84. The highest BCUT2D eigenvalue weighted by atomic mass is 32.2. The summed E-state index contributed by atoms with van der Waals surface area (Å²) in [5.74, 6) is 0. The van der Waals surface area contributed by atoms with E-state index in [2.05, 4.69) is 99.6 Å². The minimum absolute atomic E-state index is 0.196. The number of fused-ring (bicyclic) bond motifs is 2. The minimum Gasteiger partial charge on any atom is -0.418 e. The monoisotopic (exact) mass is 429 g/mol. The molecule has 0 atom stereocenters. The highest BCUT2D eigenvalue weighted by molar-refractivity contribution is 7.99. The quantitative estimate of drug-likeness (QED) is 0.174. The van der Waals surface area contributed by atoms with Crippen LogP contribution in [0.5, 0.6) is 0 Å². The van der Waals surface area contributed by atoms with Crippen molar-refractivity contribution in [1.29, 1.82) is 0 Å². The van der Waals surface area contributed by atoms with Crippen LogP contribution in [0.2, 0.25) is 0 Å². The summed E-state index contributed by atoms with van der Waals surface area (Å²) in [6.07, 6.45) is 0.